The van der Waals surface area contributed by atoms with Crippen LogP contribution in [0.2, 0.25) is 0 Å². The molecule has 3 nitrogen and oxygen atoms in total. The Morgan fingerprint density at radius 1 is 1.62 bits per heavy atom. The Bertz CT molecular complexity index is 273. The molecule has 0 aromatic heterocycles. The monoisotopic (exact) mass is 224 g/mol. The van der Waals surface area contributed by atoms with E-state index in [0.29, 0.717) is 18.4 Å². The fraction of sp³-hybridized carbons (Fsp3) is 0.769. The molecule has 1 aliphatic rings. The number of carbonyl (C=O) groups is 1. The molecule has 0 saturated carbocycles. The van der Waals surface area contributed by atoms with Crippen LogP contribution in [-0.4, -0.2) is 30.4 Å². The molecule has 1 aliphatic carbocycles. The maximum atomic E-state index is 10.9. The Kier molecular flexibility index (Phi) is 5.00. The highest BCUT2D eigenvalue weighted by molar-refractivity contribution is 5.75. The Morgan fingerprint density at radius 3 is 2.81 bits per heavy atom. The van der Waals surface area contributed by atoms with Crippen molar-refractivity contribution in [1.29, 1.82) is 0 Å². The smallest absolute Gasteiger partial charge is 0.231 e. The van der Waals surface area contributed by atoms with E-state index in [1.165, 1.54) is 18.4 Å². The molecule has 0 saturated heterocycles. The van der Waals surface area contributed by atoms with Crippen LogP contribution < -0.4 is 5.73 Å². The van der Waals surface area contributed by atoms with Gasteiger partial charge in [-0.25, -0.2) is 0 Å². The van der Waals surface area contributed by atoms with Crippen molar-refractivity contribution >= 4 is 5.91 Å². The minimum atomic E-state index is -0.230. The molecular formula is C13H24N2O. The summed E-state index contributed by atoms with van der Waals surface area (Å²) in [7, 11) is 0. The minimum Gasteiger partial charge on any atom is -0.369 e. The lowest BCUT2D eigenvalue weighted by Gasteiger charge is -2.33. The van der Waals surface area contributed by atoms with Crippen molar-refractivity contribution < 1.29 is 4.79 Å². The first-order chi connectivity index (χ1) is 7.54. The zero-order valence-electron chi connectivity index (χ0n) is 10.7. The summed E-state index contributed by atoms with van der Waals surface area (Å²) in [5, 5.41) is 0. The van der Waals surface area contributed by atoms with E-state index in [4.69, 9.17) is 5.73 Å². The first-order valence-electron chi connectivity index (χ1n) is 6.21. The van der Waals surface area contributed by atoms with E-state index in [0.717, 1.165) is 13.1 Å². The minimum absolute atomic E-state index is 0.230. The van der Waals surface area contributed by atoms with Gasteiger partial charge in [0.15, 0.2) is 0 Å². The number of hydrogen-bond donors (Lipinski definition) is 1. The lowest BCUT2D eigenvalue weighted by molar-refractivity contribution is -0.119. The Labute approximate surface area is 98.7 Å². The van der Waals surface area contributed by atoms with E-state index in [-0.39, 0.29) is 5.91 Å². The number of hydrogen-bond acceptors (Lipinski definition) is 2. The molecule has 0 spiro atoms. The summed E-state index contributed by atoms with van der Waals surface area (Å²) < 4.78 is 0. The van der Waals surface area contributed by atoms with Crippen LogP contribution in [0.15, 0.2) is 11.6 Å². The highest BCUT2D eigenvalue weighted by Gasteiger charge is 2.24. The molecule has 0 radical (unpaired) electrons. The quantitative estimate of drug-likeness (QED) is 0.724. The van der Waals surface area contributed by atoms with Crippen LogP contribution in [0.4, 0.5) is 0 Å². The van der Waals surface area contributed by atoms with E-state index in [1.807, 2.05) is 0 Å². The predicted octanol–water partition coefficient (Wildman–Crippen LogP) is 1.79. The first kappa shape index (κ1) is 13.2. The molecule has 92 valence electrons. The molecule has 0 aromatic rings. The standard InChI is InChI=1S/C13H24N2O/c1-4-15(9-13(14)16)8-12-10(2)6-5-7-11(12)3/h6,11-12H,4-5,7-9H2,1-3H3,(H2,14,16). The number of amides is 1. The third-order valence-electron chi connectivity index (χ3n) is 3.64. The lowest BCUT2D eigenvalue weighted by atomic mass is 9.80. The number of allylic oxidation sites excluding steroid dienone is 1. The number of nitrogens with zero attached hydrogens (tertiary/aromatic N) is 1. The topological polar surface area (TPSA) is 46.3 Å². The van der Waals surface area contributed by atoms with E-state index < -0.39 is 0 Å². The number of rotatable bonds is 5. The lowest BCUT2D eigenvalue weighted by Crippen LogP contribution is -2.39. The van der Waals surface area contributed by atoms with E-state index in [2.05, 4.69) is 31.7 Å². The summed E-state index contributed by atoms with van der Waals surface area (Å²) in [5.74, 6) is 1.08. The molecule has 0 bridgehead atoms. The molecule has 0 fully saturated rings. The third kappa shape index (κ3) is 3.63. The van der Waals surface area contributed by atoms with Gasteiger partial charge >= 0.3 is 0 Å². The van der Waals surface area contributed by atoms with Crippen molar-refractivity contribution in [2.24, 2.45) is 17.6 Å². The molecule has 0 aromatic carbocycles. The normalized spacial score (nSPS) is 25.6. The fourth-order valence-electron chi connectivity index (χ4n) is 2.50. The van der Waals surface area contributed by atoms with Crippen LogP contribution >= 0.6 is 0 Å². The second-order valence-electron chi connectivity index (χ2n) is 4.90. The van der Waals surface area contributed by atoms with Crippen molar-refractivity contribution in [2.45, 2.75) is 33.6 Å². The molecule has 1 amide bonds. The van der Waals surface area contributed by atoms with Gasteiger partial charge in [0.25, 0.3) is 0 Å². The summed E-state index contributed by atoms with van der Waals surface area (Å²) in [6.45, 7) is 8.82. The fourth-order valence-corrected chi connectivity index (χ4v) is 2.50. The SMILES string of the molecule is CCN(CC(N)=O)CC1C(C)=CCCC1C. The average molecular weight is 224 g/mol. The second-order valence-corrected chi connectivity index (χ2v) is 4.90. The molecule has 0 heterocycles. The first-order valence-corrected chi connectivity index (χ1v) is 6.21. The van der Waals surface area contributed by atoms with Gasteiger partial charge in [-0.15, -0.1) is 0 Å². The van der Waals surface area contributed by atoms with E-state index in [1.54, 1.807) is 0 Å². The van der Waals surface area contributed by atoms with Crippen molar-refractivity contribution in [3.05, 3.63) is 11.6 Å². The maximum absolute atomic E-state index is 10.9. The van der Waals surface area contributed by atoms with Crippen LogP contribution in [0.5, 0.6) is 0 Å². The van der Waals surface area contributed by atoms with Gasteiger partial charge in [-0.1, -0.05) is 25.5 Å². The maximum Gasteiger partial charge on any atom is 0.231 e. The second kappa shape index (κ2) is 6.04. The van der Waals surface area contributed by atoms with Gasteiger partial charge in [-0.3, -0.25) is 9.69 Å². The van der Waals surface area contributed by atoms with Gasteiger partial charge in [0, 0.05) is 6.54 Å². The molecule has 2 unspecified atom stereocenters. The highest BCUT2D eigenvalue weighted by atomic mass is 16.1. The molecule has 1 rings (SSSR count). The van der Waals surface area contributed by atoms with Gasteiger partial charge < -0.3 is 5.73 Å². The van der Waals surface area contributed by atoms with Crippen molar-refractivity contribution in [3.63, 3.8) is 0 Å². The molecule has 2 atom stereocenters. The van der Waals surface area contributed by atoms with Gasteiger partial charge in [0.05, 0.1) is 6.54 Å². The Hall–Kier alpha value is -0.830. The van der Waals surface area contributed by atoms with Crippen LogP contribution in [-0.2, 0) is 4.79 Å². The third-order valence-corrected chi connectivity index (χ3v) is 3.64. The summed E-state index contributed by atoms with van der Waals surface area (Å²) in [6, 6.07) is 0. The zero-order chi connectivity index (χ0) is 12.1. The average Bonchev–Trinajstić information content (AvgIpc) is 2.21. The number of nitrogens with two attached hydrogens (primary N) is 1. The molecular weight excluding hydrogens is 200 g/mol. The van der Waals surface area contributed by atoms with Crippen LogP contribution in [0, 0.1) is 11.8 Å². The summed E-state index contributed by atoms with van der Waals surface area (Å²) in [5.41, 5.74) is 6.72. The van der Waals surface area contributed by atoms with Crippen LogP contribution in [0.3, 0.4) is 0 Å². The predicted molar refractivity (Wildman–Crippen MR) is 67.0 cm³/mol. The van der Waals surface area contributed by atoms with Crippen LogP contribution in [0.1, 0.15) is 33.6 Å². The van der Waals surface area contributed by atoms with Gasteiger partial charge in [0.1, 0.15) is 0 Å². The number of likely N-dealkylation sites (N-methyl/N-ethyl adjacent to an activating group) is 1. The van der Waals surface area contributed by atoms with Crippen molar-refractivity contribution in [3.8, 4) is 0 Å². The largest absolute Gasteiger partial charge is 0.369 e. The van der Waals surface area contributed by atoms with Gasteiger partial charge in [-0.2, -0.15) is 0 Å². The van der Waals surface area contributed by atoms with Gasteiger partial charge in [0.2, 0.25) is 5.91 Å². The molecule has 0 aliphatic heterocycles. The molecule has 3 heteroatoms. The van der Waals surface area contributed by atoms with E-state index >= 15 is 0 Å². The highest BCUT2D eigenvalue weighted by Crippen LogP contribution is 2.30. The number of primary amides is 1. The summed E-state index contributed by atoms with van der Waals surface area (Å²) >= 11 is 0. The van der Waals surface area contributed by atoms with Gasteiger partial charge in [-0.05, 0) is 38.1 Å². The Morgan fingerprint density at radius 2 is 2.31 bits per heavy atom. The Balaban J connectivity index is 2.58. The van der Waals surface area contributed by atoms with Crippen LogP contribution in [0.25, 0.3) is 0 Å². The summed E-state index contributed by atoms with van der Waals surface area (Å²) in [6.07, 6.45) is 4.80. The molecule has 2 N–H and O–H groups in total. The number of carbonyl (C=O) groups excluding carboxylic acids is 1. The molecule has 16 heavy (non-hydrogen) atoms. The van der Waals surface area contributed by atoms with Crippen molar-refractivity contribution in [1.82, 2.24) is 4.90 Å². The van der Waals surface area contributed by atoms with Crippen molar-refractivity contribution in [2.75, 3.05) is 19.6 Å². The zero-order valence-corrected chi connectivity index (χ0v) is 10.7. The van der Waals surface area contributed by atoms with E-state index in [9.17, 15) is 4.79 Å². The summed E-state index contributed by atoms with van der Waals surface area (Å²) in [4.78, 5) is 13.1.